The second-order valence-corrected chi connectivity index (χ2v) is 5.59. The van der Waals surface area contributed by atoms with Gasteiger partial charge in [0.15, 0.2) is 0 Å². The molecule has 0 radical (unpaired) electrons. The first kappa shape index (κ1) is 15.8. The van der Waals surface area contributed by atoms with Gasteiger partial charge in [-0.15, -0.1) is 0 Å². The Morgan fingerprint density at radius 3 is 2.33 bits per heavy atom. The molecule has 0 saturated carbocycles. The predicted octanol–water partition coefficient (Wildman–Crippen LogP) is 3.33. The highest BCUT2D eigenvalue weighted by Crippen LogP contribution is 2.35. The van der Waals surface area contributed by atoms with Gasteiger partial charge in [0.1, 0.15) is 11.5 Å². The van der Waals surface area contributed by atoms with E-state index >= 15 is 0 Å². The fourth-order valence-electron chi connectivity index (χ4n) is 2.27. The second-order valence-electron chi connectivity index (χ2n) is 4.73. The highest BCUT2D eigenvalue weighted by Gasteiger charge is 2.19. The lowest BCUT2D eigenvalue weighted by Gasteiger charge is -2.21. The van der Waals surface area contributed by atoms with Gasteiger partial charge in [-0.1, -0.05) is 28.1 Å². The van der Waals surface area contributed by atoms with E-state index in [9.17, 15) is 0 Å². The molecule has 0 aliphatic carbocycles. The summed E-state index contributed by atoms with van der Waals surface area (Å²) in [5.41, 5.74) is 6.04. The third-order valence-corrected chi connectivity index (χ3v) is 4.07. The quantitative estimate of drug-likeness (QED) is 0.641. The molecule has 0 fully saturated rings. The maximum absolute atomic E-state index is 5.78. The van der Waals surface area contributed by atoms with Crippen LogP contribution in [0.2, 0.25) is 0 Å². The molecule has 0 aliphatic rings. The maximum atomic E-state index is 5.78. The van der Waals surface area contributed by atoms with Crippen molar-refractivity contribution in [2.75, 3.05) is 14.2 Å². The first-order chi connectivity index (χ1) is 10.1. The van der Waals surface area contributed by atoms with Gasteiger partial charge < -0.3 is 9.47 Å². The van der Waals surface area contributed by atoms with Crippen molar-refractivity contribution < 1.29 is 9.47 Å². The van der Waals surface area contributed by atoms with Gasteiger partial charge in [0.2, 0.25) is 0 Å². The van der Waals surface area contributed by atoms with E-state index in [0.717, 1.165) is 27.1 Å². The zero-order valence-corrected chi connectivity index (χ0v) is 13.9. The minimum absolute atomic E-state index is 0.180. The minimum atomic E-state index is -0.180. The van der Waals surface area contributed by atoms with Gasteiger partial charge in [-0.05, 0) is 36.2 Å². The summed E-state index contributed by atoms with van der Waals surface area (Å²) in [7, 11) is 3.26. The van der Waals surface area contributed by atoms with E-state index in [-0.39, 0.29) is 6.04 Å². The van der Waals surface area contributed by atoms with Crippen LogP contribution >= 0.6 is 15.9 Å². The largest absolute Gasteiger partial charge is 0.497 e. The Morgan fingerprint density at radius 1 is 1.05 bits per heavy atom. The molecule has 4 nitrogen and oxygen atoms in total. The Kier molecular flexibility index (Phi) is 5.22. The molecule has 0 heterocycles. The molecule has 1 unspecified atom stereocenters. The molecule has 0 amide bonds. The number of benzene rings is 2. The maximum Gasteiger partial charge on any atom is 0.127 e. The lowest BCUT2D eigenvalue weighted by Crippen LogP contribution is -2.29. The number of hydrogen-bond donors (Lipinski definition) is 2. The summed E-state index contributed by atoms with van der Waals surface area (Å²) in [6, 6.07) is 11.7. The number of halogens is 1. The van der Waals surface area contributed by atoms with Crippen molar-refractivity contribution >= 4 is 15.9 Å². The number of methoxy groups -OCH3 is 2. The summed E-state index contributed by atoms with van der Waals surface area (Å²) >= 11 is 3.60. The number of rotatable bonds is 5. The molecule has 0 spiro atoms. The normalized spacial score (nSPS) is 12.0. The monoisotopic (exact) mass is 350 g/mol. The molecule has 1 atom stereocenters. The number of ether oxygens (including phenoxy) is 2. The van der Waals surface area contributed by atoms with Crippen LogP contribution in [0.3, 0.4) is 0 Å². The average Bonchev–Trinajstić information content (AvgIpc) is 2.50. The van der Waals surface area contributed by atoms with Gasteiger partial charge in [0, 0.05) is 16.1 Å². The smallest absolute Gasteiger partial charge is 0.127 e. The molecule has 0 bridgehead atoms. The molecule has 3 N–H and O–H groups in total. The zero-order chi connectivity index (χ0) is 15.4. The van der Waals surface area contributed by atoms with E-state index in [4.69, 9.17) is 15.3 Å². The summed E-state index contributed by atoms with van der Waals surface area (Å²) < 4.78 is 11.7. The van der Waals surface area contributed by atoms with Gasteiger partial charge in [-0.25, -0.2) is 5.43 Å². The SMILES string of the molecule is COc1ccc(C(NN)c2ccc(C)cc2Br)c(OC)c1. The van der Waals surface area contributed by atoms with Gasteiger partial charge in [-0.2, -0.15) is 0 Å². The fourth-order valence-corrected chi connectivity index (χ4v) is 2.99. The Morgan fingerprint density at radius 2 is 1.76 bits per heavy atom. The van der Waals surface area contributed by atoms with Crippen LogP contribution in [0.1, 0.15) is 22.7 Å². The average molecular weight is 351 g/mol. The molecular formula is C16H19BrN2O2. The van der Waals surface area contributed by atoms with Crippen LogP contribution in [-0.4, -0.2) is 14.2 Å². The van der Waals surface area contributed by atoms with E-state index in [0.29, 0.717) is 0 Å². The summed E-state index contributed by atoms with van der Waals surface area (Å²) in [4.78, 5) is 0. The number of hydrogen-bond acceptors (Lipinski definition) is 4. The van der Waals surface area contributed by atoms with Crippen LogP contribution in [0.5, 0.6) is 11.5 Å². The molecule has 2 aromatic rings. The Balaban J connectivity index is 2.50. The first-order valence-corrected chi connectivity index (χ1v) is 7.34. The number of hydrazine groups is 1. The van der Waals surface area contributed by atoms with E-state index < -0.39 is 0 Å². The summed E-state index contributed by atoms with van der Waals surface area (Å²) in [5, 5.41) is 0. The van der Waals surface area contributed by atoms with Crippen LogP contribution in [0.4, 0.5) is 0 Å². The number of nitrogens with one attached hydrogen (secondary N) is 1. The Hall–Kier alpha value is -1.56. The van der Waals surface area contributed by atoms with Gasteiger partial charge in [0.05, 0.1) is 20.3 Å². The van der Waals surface area contributed by atoms with Gasteiger partial charge in [-0.3, -0.25) is 5.84 Å². The standard InChI is InChI=1S/C16H19BrN2O2/c1-10-4-6-12(14(17)8-10)16(19-18)13-7-5-11(20-2)9-15(13)21-3/h4-9,16,19H,18H2,1-3H3. The predicted molar refractivity (Wildman–Crippen MR) is 87.6 cm³/mol. The number of aryl methyl sites for hydroxylation is 1. The van der Waals surface area contributed by atoms with Crippen molar-refractivity contribution in [3.05, 3.63) is 57.6 Å². The van der Waals surface area contributed by atoms with Crippen molar-refractivity contribution in [3.8, 4) is 11.5 Å². The number of nitrogens with two attached hydrogens (primary N) is 1. The van der Waals surface area contributed by atoms with E-state index in [1.54, 1.807) is 14.2 Å². The summed E-state index contributed by atoms with van der Waals surface area (Å²) in [6.45, 7) is 2.05. The minimum Gasteiger partial charge on any atom is -0.497 e. The molecule has 0 aliphatic heterocycles. The van der Waals surface area contributed by atoms with Crippen LogP contribution in [0, 0.1) is 6.92 Å². The highest BCUT2D eigenvalue weighted by molar-refractivity contribution is 9.10. The van der Waals surface area contributed by atoms with Crippen LogP contribution in [0.25, 0.3) is 0 Å². The Labute approximate surface area is 133 Å². The molecule has 0 aromatic heterocycles. The van der Waals surface area contributed by atoms with E-state index in [2.05, 4.69) is 33.5 Å². The van der Waals surface area contributed by atoms with Crippen LogP contribution < -0.4 is 20.7 Å². The second kappa shape index (κ2) is 6.93. The highest BCUT2D eigenvalue weighted by atomic mass is 79.9. The van der Waals surface area contributed by atoms with Crippen LogP contribution in [-0.2, 0) is 0 Å². The zero-order valence-electron chi connectivity index (χ0n) is 12.3. The van der Waals surface area contributed by atoms with Crippen molar-refractivity contribution in [2.45, 2.75) is 13.0 Å². The van der Waals surface area contributed by atoms with Crippen LogP contribution in [0.15, 0.2) is 40.9 Å². The van der Waals surface area contributed by atoms with Crippen molar-refractivity contribution in [1.29, 1.82) is 0 Å². The third-order valence-electron chi connectivity index (χ3n) is 3.39. The van der Waals surface area contributed by atoms with E-state index in [1.165, 1.54) is 5.56 Å². The summed E-state index contributed by atoms with van der Waals surface area (Å²) in [6.07, 6.45) is 0. The van der Waals surface area contributed by atoms with Crippen molar-refractivity contribution in [2.24, 2.45) is 5.84 Å². The van der Waals surface area contributed by atoms with E-state index in [1.807, 2.05) is 31.2 Å². The molecular weight excluding hydrogens is 332 g/mol. The molecule has 5 heteroatoms. The lowest BCUT2D eigenvalue weighted by atomic mass is 9.97. The third kappa shape index (κ3) is 3.37. The summed E-state index contributed by atoms with van der Waals surface area (Å²) in [5.74, 6) is 7.25. The molecule has 112 valence electrons. The van der Waals surface area contributed by atoms with Crippen molar-refractivity contribution in [3.63, 3.8) is 0 Å². The van der Waals surface area contributed by atoms with Crippen molar-refractivity contribution in [1.82, 2.24) is 5.43 Å². The van der Waals surface area contributed by atoms with Gasteiger partial charge in [0.25, 0.3) is 0 Å². The lowest BCUT2D eigenvalue weighted by molar-refractivity contribution is 0.387. The molecule has 21 heavy (non-hydrogen) atoms. The molecule has 2 rings (SSSR count). The fraction of sp³-hybridized carbons (Fsp3) is 0.250. The van der Waals surface area contributed by atoms with Gasteiger partial charge >= 0.3 is 0 Å². The first-order valence-electron chi connectivity index (χ1n) is 6.54. The Bertz CT molecular complexity index is 632. The topological polar surface area (TPSA) is 56.5 Å². The molecule has 2 aromatic carbocycles. The molecule has 0 saturated heterocycles.